The first kappa shape index (κ1) is 17.6. The number of anilines is 1. The number of thiophene rings is 1. The average molecular weight is 368 g/mol. The molecule has 7 nitrogen and oxygen atoms in total. The number of rotatable bonds is 4. The zero-order chi connectivity index (χ0) is 18.8. The molecule has 0 fully saturated rings. The van der Waals surface area contributed by atoms with Crippen molar-refractivity contribution in [2.75, 3.05) is 5.32 Å². The molecule has 1 amide bonds. The van der Waals surface area contributed by atoms with Crippen molar-refractivity contribution in [2.45, 2.75) is 27.3 Å². The molecule has 0 saturated heterocycles. The zero-order valence-corrected chi connectivity index (χ0v) is 15.3. The molecular weight excluding hydrogens is 352 g/mol. The standard InChI is InChI=1S/C18H16N4O3S/c1-10-4-6-13(7-5-10)16-21-25-18(24)22(16)9-15(23)20-17-14(8-19)11(2)12(3)26-17/h4-7H,9H2,1-3H3,(H,20,23). The van der Waals surface area contributed by atoms with Gasteiger partial charge in [0.15, 0.2) is 5.82 Å². The van der Waals surface area contributed by atoms with Crippen molar-refractivity contribution >= 4 is 22.2 Å². The fourth-order valence-corrected chi connectivity index (χ4v) is 3.50. The van der Waals surface area contributed by atoms with Gasteiger partial charge in [0, 0.05) is 10.4 Å². The Hall–Kier alpha value is -3.18. The predicted octanol–water partition coefficient (Wildman–Crippen LogP) is 3.00. The summed E-state index contributed by atoms with van der Waals surface area (Å²) in [6, 6.07) is 9.48. The van der Waals surface area contributed by atoms with Crippen molar-refractivity contribution in [1.82, 2.24) is 9.72 Å². The highest BCUT2D eigenvalue weighted by Gasteiger charge is 2.18. The average Bonchev–Trinajstić information content (AvgIpc) is 3.09. The number of nitriles is 1. The third-order valence-electron chi connectivity index (χ3n) is 4.05. The summed E-state index contributed by atoms with van der Waals surface area (Å²) in [7, 11) is 0. The molecule has 2 heterocycles. The number of nitrogens with one attached hydrogen (secondary N) is 1. The molecule has 132 valence electrons. The molecule has 0 aliphatic rings. The number of aromatic nitrogens is 2. The van der Waals surface area contributed by atoms with Crippen LogP contribution in [-0.2, 0) is 11.3 Å². The van der Waals surface area contributed by atoms with Crippen LogP contribution in [0.4, 0.5) is 5.00 Å². The second-order valence-corrected chi connectivity index (χ2v) is 7.10. The Morgan fingerprint density at radius 1 is 1.31 bits per heavy atom. The number of carbonyl (C=O) groups is 1. The van der Waals surface area contributed by atoms with Gasteiger partial charge in [-0.2, -0.15) is 5.26 Å². The highest BCUT2D eigenvalue weighted by molar-refractivity contribution is 7.16. The number of hydrogen-bond donors (Lipinski definition) is 1. The van der Waals surface area contributed by atoms with Crippen LogP contribution >= 0.6 is 11.3 Å². The van der Waals surface area contributed by atoms with Crippen LogP contribution in [0.5, 0.6) is 0 Å². The molecule has 0 unspecified atom stereocenters. The Labute approximate surface area is 153 Å². The molecule has 26 heavy (non-hydrogen) atoms. The second kappa shape index (κ2) is 6.98. The van der Waals surface area contributed by atoms with Gasteiger partial charge >= 0.3 is 5.76 Å². The summed E-state index contributed by atoms with van der Waals surface area (Å²) in [6.45, 7) is 5.41. The van der Waals surface area contributed by atoms with Crippen molar-refractivity contribution in [1.29, 1.82) is 5.26 Å². The monoisotopic (exact) mass is 368 g/mol. The smallest absolute Gasteiger partial charge is 0.315 e. The van der Waals surface area contributed by atoms with Crippen LogP contribution in [-0.4, -0.2) is 15.6 Å². The van der Waals surface area contributed by atoms with E-state index in [1.807, 2.05) is 32.9 Å². The van der Waals surface area contributed by atoms with Crippen molar-refractivity contribution in [2.24, 2.45) is 0 Å². The van der Waals surface area contributed by atoms with E-state index in [2.05, 4.69) is 16.5 Å². The maximum Gasteiger partial charge on any atom is 0.442 e. The summed E-state index contributed by atoms with van der Waals surface area (Å²) >= 11 is 1.33. The van der Waals surface area contributed by atoms with E-state index in [1.165, 1.54) is 15.9 Å². The quantitative estimate of drug-likeness (QED) is 0.763. The maximum absolute atomic E-state index is 12.4. The van der Waals surface area contributed by atoms with Crippen LogP contribution in [0.25, 0.3) is 11.4 Å². The van der Waals surface area contributed by atoms with Gasteiger partial charge in [0.1, 0.15) is 17.6 Å². The number of carbonyl (C=O) groups excluding carboxylic acids is 1. The largest absolute Gasteiger partial charge is 0.442 e. The minimum absolute atomic E-state index is 0.258. The Bertz CT molecular complexity index is 1070. The van der Waals surface area contributed by atoms with E-state index in [0.29, 0.717) is 16.1 Å². The number of benzene rings is 1. The minimum Gasteiger partial charge on any atom is -0.315 e. The van der Waals surface area contributed by atoms with Gasteiger partial charge in [-0.25, -0.2) is 9.36 Å². The third kappa shape index (κ3) is 3.30. The van der Waals surface area contributed by atoms with E-state index in [1.54, 1.807) is 12.1 Å². The second-order valence-electron chi connectivity index (χ2n) is 5.87. The molecule has 0 bridgehead atoms. The Balaban J connectivity index is 1.86. The van der Waals surface area contributed by atoms with Crippen LogP contribution in [0.2, 0.25) is 0 Å². The molecule has 0 radical (unpaired) electrons. The van der Waals surface area contributed by atoms with E-state index in [4.69, 9.17) is 4.52 Å². The Morgan fingerprint density at radius 3 is 2.65 bits per heavy atom. The van der Waals surface area contributed by atoms with E-state index >= 15 is 0 Å². The van der Waals surface area contributed by atoms with E-state index in [-0.39, 0.29) is 12.4 Å². The van der Waals surface area contributed by atoms with Crippen molar-refractivity contribution in [3.63, 3.8) is 0 Å². The summed E-state index contributed by atoms with van der Waals surface area (Å²) in [5, 5.41) is 16.2. The first-order valence-electron chi connectivity index (χ1n) is 7.84. The van der Waals surface area contributed by atoms with Gasteiger partial charge < -0.3 is 5.32 Å². The lowest BCUT2D eigenvalue weighted by molar-refractivity contribution is -0.116. The molecule has 8 heteroatoms. The molecule has 0 saturated carbocycles. The molecule has 0 spiro atoms. The van der Waals surface area contributed by atoms with Crippen molar-refractivity contribution < 1.29 is 9.32 Å². The Morgan fingerprint density at radius 2 is 2.00 bits per heavy atom. The van der Waals surface area contributed by atoms with Crippen LogP contribution < -0.4 is 11.1 Å². The number of nitrogens with zero attached hydrogens (tertiary/aromatic N) is 3. The van der Waals surface area contributed by atoms with Crippen LogP contribution in [0.1, 0.15) is 21.6 Å². The van der Waals surface area contributed by atoms with Gasteiger partial charge in [-0.15, -0.1) is 11.3 Å². The van der Waals surface area contributed by atoms with Crippen molar-refractivity contribution in [3.05, 3.63) is 56.4 Å². The van der Waals surface area contributed by atoms with Gasteiger partial charge in [0.05, 0.1) is 5.56 Å². The number of amides is 1. The van der Waals surface area contributed by atoms with Crippen LogP contribution in [0.15, 0.2) is 33.6 Å². The zero-order valence-electron chi connectivity index (χ0n) is 14.5. The SMILES string of the molecule is Cc1ccc(-c2noc(=O)n2CC(=O)Nc2sc(C)c(C)c2C#N)cc1. The lowest BCUT2D eigenvalue weighted by atomic mass is 10.1. The van der Waals surface area contributed by atoms with E-state index in [9.17, 15) is 14.9 Å². The van der Waals surface area contributed by atoms with Gasteiger partial charge in [0.25, 0.3) is 0 Å². The van der Waals surface area contributed by atoms with E-state index in [0.717, 1.165) is 16.0 Å². The normalized spacial score (nSPS) is 10.5. The molecule has 0 aliphatic carbocycles. The summed E-state index contributed by atoms with van der Waals surface area (Å²) in [5.41, 5.74) is 3.03. The van der Waals surface area contributed by atoms with Gasteiger partial charge in [0.2, 0.25) is 5.91 Å². The van der Waals surface area contributed by atoms with Crippen molar-refractivity contribution in [3.8, 4) is 17.5 Å². The van der Waals surface area contributed by atoms with E-state index < -0.39 is 11.7 Å². The summed E-state index contributed by atoms with van der Waals surface area (Å²) in [5.74, 6) is -0.861. The number of hydrogen-bond acceptors (Lipinski definition) is 6. The topological polar surface area (TPSA) is 101 Å². The molecule has 3 aromatic rings. The van der Waals surface area contributed by atoms with Gasteiger partial charge in [-0.1, -0.05) is 35.0 Å². The van der Waals surface area contributed by atoms with Crippen LogP contribution in [0.3, 0.4) is 0 Å². The summed E-state index contributed by atoms with van der Waals surface area (Å²) in [4.78, 5) is 25.3. The summed E-state index contributed by atoms with van der Waals surface area (Å²) < 4.78 is 5.89. The fourth-order valence-electron chi connectivity index (χ4n) is 2.48. The molecule has 1 N–H and O–H groups in total. The molecule has 2 aromatic heterocycles. The molecular formula is C18H16N4O3S. The maximum atomic E-state index is 12.4. The van der Waals surface area contributed by atoms with Gasteiger partial charge in [-0.05, 0) is 26.3 Å². The first-order valence-corrected chi connectivity index (χ1v) is 8.66. The Kier molecular flexibility index (Phi) is 4.73. The number of aryl methyl sites for hydroxylation is 2. The van der Waals surface area contributed by atoms with Crippen LogP contribution in [0, 0.1) is 32.1 Å². The lowest BCUT2D eigenvalue weighted by Gasteiger charge is -2.06. The minimum atomic E-state index is -0.713. The lowest BCUT2D eigenvalue weighted by Crippen LogP contribution is -2.25. The predicted molar refractivity (Wildman–Crippen MR) is 98.1 cm³/mol. The summed E-state index contributed by atoms with van der Waals surface area (Å²) in [6.07, 6.45) is 0. The molecule has 1 aromatic carbocycles. The molecule has 0 aliphatic heterocycles. The highest BCUT2D eigenvalue weighted by Crippen LogP contribution is 2.31. The molecule has 0 atom stereocenters. The first-order chi connectivity index (χ1) is 12.4. The highest BCUT2D eigenvalue weighted by atomic mass is 32.1. The third-order valence-corrected chi connectivity index (χ3v) is 5.17. The fraction of sp³-hybridized carbons (Fsp3) is 0.222. The van der Waals surface area contributed by atoms with Gasteiger partial charge in [-0.3, -0.25) is 9.32 Å². The molecule has 3 rings (SSSR count).